The molecule has 2 aliphatic rings. The van der Waals surface area contributed by atoms with E-state index in [0.717, 1.165) is 0 Å². The van der Waals surface area contributed by atoms with Crippen molar-refractivity contribution in [3.05, 3.63) is 0 Å². The van der Waals surface area contributed by atoms with Gasteiger partial charge in [0, 0.05) is 25.7 Å². The Balaban J connectivity index is 0.000000180. The second kappa shape index (κ2) is 7.00. The van der Waals surface area contributed by atoms with E-state index in [-0.39, 0.29) is 24.4 Å². The Bertz CT molecular complexity index is 246. The predicted octanol–water partition coefficient (Wildman–Crippen LogP) is 2.29. The Morgan fingerprint density at radius 1 is 0.667 bits per heavy atom. The molecule has 0 spiro atoms. The Hall–Kier alpha value is -0.740. The minimum atomic E-state index is 0.140. The van der Waals surface area contributed by atoms with Crippen molar-refractivity contribution in [3.63, 3.8) is 0 Å². The highest BCUT2D eigenvalue weighted by atomic mass is 16.5. The SMILES string of the molecule is C[C@@H]1CC(=O)C[C@H](C)O1.C[C@@H]1CC(=O)C[C@H](C)O1. The number of hydrogen-bond donors (Lipinski definition) is 0. The number of carbonyl (C=O) groups is 2. The summed E-state index contributed by atoms with van der Waals surface area (Å²) in [6, 6.07) is 0. The van der Waals surface area contributed by atoms with Crippen LogP contribution in [0.15, 0.2) is 0 Å². The van der Waals surface area contributed by atoms with Crippen molar-refractivity contribution in [1.82, 2.24) is 0 Å². The first-order chi connectivity index (χ1) is 8.36. The molecule has 2 rings (SSSR count). The monoisotopic (exact) mass is 256 g/mol. The summed E-state index contributed by atoms with van der Waals surface area (Å²) in [7, 11) is 0. The highest BCUT2D eigenvalue weighted by molar-refractivity contribution is 5.80. The maximum atomic E-state index is 10.8. The first-order valence-corrected chi connectivity index (χ1v) is 6.71. The zero-order valence-corrected chi connectivity index (χ0v) is 11.8. The molecule has 0 N–H and O–H groups in total. The van der Waals surface area contributed by atoms with Crippen LogP contribution in [-0.4, -0.2) is 36.0 Å². The van der Waals surface area contributed by atoms with Crippen LogP contribution in [0.1, 0.15) is 53.4 Å². The van der Waals surface area contributed by atoms with Crippen LogP contribution in [0.2, 0.25) is 0 Å². The van der Waals surface area contributed by atoms with E-state index >= 15 is 0 Å². The van der Waals surface area contributed by atoms with Gasteiger partial charge in [0.15, 0.2) is 0 Å². The molecule has 2 saturated heterocycles. The van der Waals surface area contributed by atoms with E-state index in [1.54, 1.807) is 0 Å². The highest BCUT2D eigenvalue weighted by Crippen LogP contribution is 2.15. The third-order valence-corrected chi connectivity index (χ3v) is 2.99. The fourth-order valence-corrected chi connectivity index (χ4v) is 2.43. The van der Waals surface area contributed by atoms with Gasteiger partial charge in [-0.3, -0.25) is 9.59 Å². The molecular weight excluding hydrogens is 232 g/mol. The smallest absolute Gasteiger partial charge is 0.138 e. The molecule has 2 heterocycles. The van der Waals surface area contributed by atoms with Crippen LogP contribution < -0.4 is 0 Å². The largest absolute Gasteiger partial charge is 0.375 e. The lowest BCUT2D eigenvalue weighted by Gasteiger charge is -2.23. The van der Waals surface area contributed by atoms with Crippen molar-refractivity contribution < 1.29 is 19.1 Å². The first kappa shape index (κ1) is 15.3. The second-order valence-electron chi connectivity index (χ2n) is 5.41. The molecular formula is C14H24O4. The fraction of sp³-hybridized carbons (Fsp3) is 0.857. The predicted molar refractivity (Wildman–Crippen MR) is 68.5 cm³/mol. The third kappa shape index (κ3) is 5.74. The molecule has 4 nitrogen and oxygen atoms in total. The van der Waals surface area contributed by atoms with Gasteiger partial charge >= 0.3 is 0 Å². The molecule has 0 aromatic rings. The molecule has 0 unspecified atom stereocenters. The van der Waals surface area contributed by atoms with Crippen LogP contribution in [0.25, 0.3) is 0 Å². The number of Topliss-reactive ketones (excluding diaryl/α,β-unsaturated/α-hetero) is 2. The van der Waals surface area contributed by atoms with Gasteiger partial charge < -0.3 is 9.47 Å². The molecule has 2 aliphatic heterocycles. The summed E-state index contributed by atoms with van der Waals surface area (Å²) in [4.78, 5) is 21.6. The van der Waals surface area contributed by atoms with Crippen LogP contribution in [-0.2, 0) is 19.1 Å². The van der Waals surface area contributed by atoms with E-state index in [9.17, 15) is 9.59 Å². The maximum Gasteiger partial charge on any atom is 0.138 e. The van der Waals surface area contributed by atoms with Gasteiger partial charge in [0.1, 0.15) is 11.6 Å². The molecule has 0 amide bonds. The number of hydrogen-bond acceptors (Lipinski definition) is 4. The summed E-state index contributed by atoms with van der Waals surface area (Å²) in [6.07, 6.45) is 2.97. The summed E-state index contributed by atoms with van der Waals surface area (Å²) in [5.74, 6) is 0.669. The van der Waals surface area contributed by atoms with E-state index in [0.29, 0.717) is 37.2 Å². The van der Waals surface area contributed by atoms with Crippen LogP contribution in [0.5, 0.6) is 0 Å². The zero-order valence-electron chi connectivity index (χ0n) is 11.8. The van der Waals surface area contributed by atoms with Gasteiger partial charge in [-0.25, -0.2) is 0 Å². The average Bonchev–Trinajstić information content (AvgIpc) is 2.12. The van der Waals surface area contributed by atoms with Gasteiger partial charge in [-0.2, -0.15) is 0 Å². The Morgan fingerprint density at radius 3 is 1.06 bits per heavy atom. The number of rotatable bonds is 0. The molecule has 0 saturated carbocycles. The van der Waals surface area contributed by atoms with Crippen molar-refractivity contribution in [3.8, 4) is 0 Å². The van der Waals surface area contributed by atoms with Crippen molar-refractivity contribution in [1.29, 1.82) is 0 Å². The molecule has 0 aromatic heterocycles. The van der Waals surface area contributed by atoms with Crippen molar-refractivity contribution in [2.24, 2.45) is 0 Å². The number of ketones is 2. The topological polar surface area (TPSA) is 52.6 Å². The molecule has 4 atom stereocenters. The van der Waals surface area contributed by atoms with E-state index in [1.165, 1.54) is 0 Å². The lowest BCUT2D eigenvalue weighted by atomic mass is 10.1. The molecule has 4 heteroatoms. The van der Waals surface area contributed by atoms with E-state index in [1.807, 2.05) is 27.7 Å². The Morgan fingerprint density at radius 2 is 0.889 bits per heavy atom. The molecule has 0 aromatic carbocycles. The Labute approximate surface area is 109 Å². The van der Waals surface area contributed by atoms with Gasteiger partial charge in [0.2, 0.25) is 0 Å². The fourth-order valence-electron chi connectivity index (χ4n) is 2.43. The van der Waals surface area contributed by atoms with Crippen LogP contribution in [0, 0.1) is 0 Å². The van der Waals surface area contributed by atoms with E-state index in [4.69, 9.17) is 9.47 Å². The summed E-state index contributed by atoms with van der Waals surface area (Å²) < 4.78 is 10.7. The summed E-state index contributed by atoms with van der Waals surface area (Å²) in [5, 5.41) is 0. The standard InChI is InChI=1S/2C7H12O2/c2*1-5-3-7(8)4-6(2)9-5/h2*5-6H,3-4H2,1-2H3/t2*5-,6+. The van der Waals surface area contributed by atoms with Gasteiger partial charge in [-0.15, -0.1) is 0 Å². The molecule has 18 heavy (non-hydrogen) atoms. The van der Waals surface area contributed by atoms with E-state index < -0.39 is 0 Å². The van der Waals surface area contributed by atoms with Crippen LogP contribution in [0.3, 0.4) is 0 Å². The number of ether oxygens (including phenoxy) is 2. The molecule has 0 aliphatic carbocycles. The van der Waals surface area contributed by atoms with Crippen molar-refractivity contribution >= 4 is 11.6 Å². The van der Waals surface area contributed by atoms with Gasteiger partial charge in [0.25, 0.3) is 0 Å². The van der Waals surface area contributed by atoms with E-state index in [2.05, 4.69) is 0 Å². The second-order valence-corrected chi connectivity index (χ2v) is 5.41. The quantitative estimate of drug-likeness (QED) is 0.667. The average molecular weight is 256 g/mol. The van der Waals surface area contributed by atoms with Gasteiger partial charge in [-0.05, 0) is 27.7 Å². The summed E-state index contributed by atoms with van der Waals surface area (Å²) in [6.45, 7) is 7.75. The molecule has 104 valence electrons. The highest BCUT2D eigenvalue weighted by Gasteiger charge is 2.21. The summed E-state index contributed by atoms with van der Waals surface area (Å²) >= 11 is 0. The van der Waals surface area contributed by atoms with Crippen LogP contribution >= 0.6 is 0 Å². The Kier molecular flexibility index (Phi) is 5.96. The van der Waals surface area contributed by atoms with Gasteiger partial charge in [-0.1, -0.05) is 0 Å². The maximum absolute atomic E-state index is 10.8. The van der Waals surface area contributed by atoms with Crippen molar-refractivity contribution in [2.45, 2.75) is 77.8 Å². The minimum Gasteiger partial charge on any atom is -0.375 e. The first-order valence-electron chi connectivity index (χ1n) is 6.71. The van der Waals surface area contributed by atoms with Crippen molar-refractivity contribution in [2.75, 3.05) is 0 Å². The summed E-state index contributed by atoms with van der Waals surface area (Å²) in [5.41, 5.74) is 0. The minimum absolute atomic E-state index is 0.140. The third-order valence-electron chi connectivity index (χ3n) is 2.99. The molecule has 2 fully saturated rings. The molecule has 0 bridgehead atoms. The normalized spacial score (nSPS) is 36.9. The lowest BCUT2D eigenvalue weighted by molar-refractivity contribution is -0.133. The zero-order chi connectivity index (χ0) is 13.7. The lowest BCUT2D eigenvalue weighted by Crippen LogP contribution is -2.28. The van der Waals surface area contributed by atoms with Crippen LogP contribution in [0.4, 0.5) is 0 Å². The molecule has 0 radical (unpaired) electrons. The number of carbonyl (C=O) groups excluding carboxylic acids is 2. The van der Waals surface area contributed by atoms with Gasteiger partial charge in [0.05, 0.1) is 24.4 Å².